The summed E-state index contributed by atoms with van der Waals surface area (Å²) >= 11 is 0. The van der Waals surface area contributed by atoms with E-state index in [4.69, 9.17) is 8.83 Å². The van der Waals surface area contributed by atoms with E-state index in [0.717, 1.165) is 17.3 Å². The maximum atomic E-state index is 10.8. The van der Waals surface area contributed by atoms with Crippen molar-refractivity contribution in [3.63, 3.8) is 0 Å². The van der Waals surface area contributed by atoms with E-state index in [-0.39, 0.29) is 5.69 Å². The minimum Gasteiger partial charge on any atom is -0.466 e. The Morgan fingerprint density at radius 3 is 2.52 bits per heavy atom. The van der Waals surface area contributed by atoms with Gasteiger partial charge >= 0.3 is 0 Å². The van der Waals surface area contributed by atoms with Crippen molar-refractivity contribution in [1.29, 1.82) is 0 Å². The summed E-state index contributed by atoms with van der Waals surface area (Å²) in [4.78, 5) is 10.4. The Kier molecular flexibility index (Phi) is 3.31. The summed E-state index contributed by atoms with van der Waals surface area (Å²) in [5.41, 5.74) is 0.734. The summed E-state index contributed by atoms with van der Waals surface area (Å²) in [5, 5.41) is 10.8. The standard InChI is InChI=1S/C16H13NO4/c1-11-5-6-14(20-11)10-15-7-8-16(21-15)12-3-2-4-13(9-12)17(18)19/h2-9H,10H2,1H3. The first-order chi connectivity index (χ1) is 10.1. The molecule has 0 fully saturated rings. The number of rotatable bonds is 4. The van der Waals surface area contributed by atoms with Crippen LogP contribution in [0, 0.1) is 17.0 Å². The summed E-state index contributed by atoms with van der Waals surface area (Å²) in [6.45, 7) is 1.89. The van der Waals surface area contributed by atoms with E-state index in [9.17, 15) is 10.1 Å². The molecule has 106 valence electrons. The number of nitro groups is 1. The monoisotopic (exact) mass is 283 g/mol. The Morgan fingerprint density at radius 1 is 1.05 bits per heavy atom. The van der Waals surface area contributed by atoms with E-state index < -0.39 is 4.92 Å². The molecule has 0 spiro atoms. The van der Waals surface area contributed by atoms with E-state index in [2.05, 4.69) is 0 Å². The third-order valence-corrected chi connectivity index (χ3v) is 3.15. The molecule has 1 aromatic carbocycles. The number of furan rings is 2. The lowest BCUT2D eigenvalue weighted by Gasteiger charge is -1.98. The van der Waals surface area contributed by atoms with Crippen molar-refractivity contribution < 1.29 is 13.8 Å². The van der Waals surface area contributed by atoms with Gasteiger partial charge in [-0.25, -0.2) is 0 Å². The molecule has 0 aliphatic carbocycles. The van der Waals surface area contributed by atoms with Crippen LogP contribution >= 0.6 is 0 Å². The Bertz CT molecular complexity index is 785. The van der Waals surface area contributed by atoms with Crippen molar-refractivity contribution >= 4 is 5.69 Å². The summed E-state index contributed by atoms with van der Waals surface area (Å²) in [5.74, 6) is 3.05. The normalized spacial score (nSPS) is 10.7. The molecule has 0 aliphatic rings. The van der Waals surface area contributed by atoms with Crippen LogP contribution in [0.5, 0.6) is 0 Å². The van der Waals surface area contributed by atoms with E-state index in [0.29, 0.717) is 17.7 Å². The third kappa shape index (κ3) is 2.86. The predicted molar refractivity (Wildman–Crippen MR) is 77.0 cm³/mol. The van der Waals surface area contributed by atoms with Gasteiger partial charge < -0.3 is 8.83 Å². The van der Waals surface area contributed by atoms with Gasteiger partial charge in [0.1, 0.15) is 23.0 Å². The zero-order chi connectivity index (χ0) is 14.8. The highest BCUT2D eigenvalue weighted by molar-refractivity contribution is 5.61. The molecular formula is C16H13NO4. The molecule has 0 radical (unpaired) electrons. The zero-order valence-electron chi connectivity index (χ0n) is 11.4. The van der Waals surface area contributed by atoms with E-state index in [1.165, 1.54) is 12.1 Å². The first-order valence-electron chi connectivity index (χ1n) is 6.51. The van der Waals surface area contributed by atoms with Gasteiger partial charge in [-0.3, -0.25) is 10.1 Å². The fourth-order valence-electron chi connectivity index (χ4n) is 2.15. The molecule has 0 saturated carbocycles. The predicted octanol–water partition coefficient (Wildman–Crippen LogP) is 4.35. The molecule has 0 saturated heterocycles. The first-order valence-corrected chi connectivity index (χ1v) is 6.51. The number of hydrogen-bond donors (Lipinski definition) is 0. The lowest BCUT2D eigenvalue weighted by Crippen LogP contribution is -1.87. The van der Waals surface area contributed by atoms with Crippen molar-refractivity contribution in [2.75, 3.05) is 0 Å². The molecule has 0 aliphatic heterocycles. The lowest BCUT2D eigenvalue weighted by molar-refractivity contribution is -0.384. The number of non-ortho nitro benzene ring substituents is 1. The summed E-state index contributed by atoms with van der Waals surface area (Å²) < 4.78 is 11.2. The molecule has 0 unspecified atom stereocenters. The largest absolute Gasteiger partial charge is 0.466 e. The van der Waals surface area contributed by atoms with Crippen molar-refractivity contribution in [3.05, 3.63) is 75.9 Å². The van der Waals surface area contributed by atoms with E-state index in [1.807, 2.05) is 31.2 Å². The van der Waals surface area contributed by atoms with Crippen LogP contribution < -0.4 is 0 Å². The van der Waals surface area contributed by atoms with Crippen LogP contribution in [0.15, 0.2) is 57.4 Å². The van der Waals surface area contributed by atoms with Gasteiger partial charge in [0.15, 0.2) is 0 Å². The Balaban J connectivity index is 1.84. The minimum atomic E-state index is -0.418. The van der Waals surface area contributed by atoms with Crippen molar-refractivity contribution in [3.8, 4) is 11.3 Å². The Labute approximate surface area is 121 Å². The van der Waals surface area contributed by atoms with Crippen LogP contribution in [0.2, 0.25) is 0 Å². The highest BCUT2D eigenvalue weighted by Gasteiger charge is 2.11. The van der Waals surface area contributed by atoms with Gasteiger partial charge in [-0.2, -0.15) is 0 Å². The number of benzene rings is 1. The number of hydrogen-bond acceptors (Lipinski definition) is 4. The Morgan fingerprint density at radius 2 is 1.81 bits per heavy atom. The topological polar surface area (TPSA) is 69.4 Å². The van der Waals surface area contributed by atoms with Gasteiger partial charge in [-0.15, -0.1) is 0 Å². The SMILES string of the molecule is Cc1ccc(Cc2ccc(-c3cccc([N+](=O)[O-])c3)o2)o1. The number of nitro benzene ring substituents is 1. The highest BCUT2D eigenvalue weighted by Crippen LogP contribution is 2.26. The second-order valence-electron chi connectivity index (χ2n) is 4.76. The van der Waals surface area contributed by atoms with Crippen LogP contribution in [-0.4, -0.2) is 4.92 Å². The third-order valence-electron chi connectivity index (χ3n) is 3.15. The lowest BCUT2D eigenvalue weighted by atomic mass is 10.1. The minimum absolute atomic E-state index is 0.0482. The molecule has 0 bridgehead atoms. The number of aryl methyl sites for hydroxylation is 1. The van der Waals surface area contributed by atoms with Gasteiger partial charge in [-0.05, 0) is 31.2 Å². The molecule has 2 heterocycles. The molecule has 3 rings (SSSR count). The van der Waals surface area contributed by atoms with Gasteiger partial charge in [0.2, 0.25) is 0 Å². The average Bonchev–Trinajstić information content (AvgIpc) is 3.09. The van der Waals surface area contributed by atoms with Gasteiger partial charge in [0.25, 0.3) is 5.69 Å². The average molecular weight is 283 g/mol. The molecule has 2 aromatic heterocycles. The zero-order valence-corrected chi connectivity index (χ0v) is 11.4. The molecule has 5 heteroatoms. The maximum Gasteiger partial charge on any atom is 0.270 e. The summed E-state index contributed by atoms with van der Waals surface area (Å²) in [6.07, 6.45) is 0.558. The van der Waals surface area contributed by atoms with E-state index >= 15 is 0 Å². The molecule has 0 amide bonds. The van der Waals surface area contributed by atoms with Crippen LogP contribution in [-0.2, 0) is 6.42 Å². The summed E-state index contributed by atoms with van der Waals surface area (Å²) in [7, 11) is 0. The van der Waals surface area contributed by atoms with E-state index in [1.54, 1.807) is 12.1 Å². The molecular weight excluding hydrogens is 270 g/mol. The van der Waals surface area contributed by atoms with Crippen molar-refractivity contribution in [2.24, 2.45) is 0 Å². The van der Waals surface area contributed by atoms with Gasteiger partial charge in [-0.1, -0.05) is 12.1 Å². The summed E-state index contributed by atoms with van der Waals surface area (Å²) in [6, 6.07) is 13.9. The van der Waals surface area contributed by atoms with Gasteiger partial charge in [0, 0.05) is 17.7 Å². The first kappa shape index (κ1) is 13.2. The Hall–Kier alpha value is -2.82. The van der Waals surface area contributed by atoms with Gasteiger partial charge in [0.05, 0.1) is 11.3 Å². The van der Waals surface area contributed by atoms with Crippen LogP contribution in [0.3, 0.4) is 0 Å². The van der Waals surface area contributed by atoms with Crippen molar-refractivity contribution in [2.45, 2.75) is 13.3 Å². The molecule has 5 nitrogen and oxygen atoms in total. The molecule has 0 atom stereocenters. The van der Waals surface area contributed by atoms with Crippen LogP contribution in [0.4, 0.5) is 5.69 Å². The maximum absolute atomic E-state index is 10.8. The smallest absolute Gasteiger partial charge is 0.270 e. The molecule has 3 aromatic rings. The van der Waals surface area contributed by atoms with Crippen LogP contribution in [0.25, 0.3) is 11.3 Å². The highest BCUT2D eigenvalue weighted by atomic mass is 16.6. The molecule has 21 heavy (non-hydrogen) atoms. The second kappa shape index (κ2) is 5.28. The van der Waals surface area contributed by atoms with Crippen molar-refractivity contribution in [1.82, 2.24) is 0 Å². The number of nitrogens with zero attached hydrogens (tertiary/aromatic N) is 1. The molecule has 0 N–H and O–H groups in total. The quantitative estimate of drug-likeness (QED) is 0.527. The fourth-order valence-corrected chi connectivity index (χ4v) is 2.15. The second-order valence-corrected chi connectivity index (χ2v) is 4.76. The fraction of sp³-hybridized carbons (Fsp3) is 0.125. The van der Waals surface area contributed by atoms with Crippen LogP contribution in [0.1, 0.15) is 17.3 Å².